The molecule has 2 aliphatic heterocycles. The maximum atomic E-state index is 10.6. The van der Waals surface area contributed by atoms with Gasteiger partial charge in [-0.25, -0.2) is 0 Å². The van der Waals surface area contributed by atoms with Gasteiger partial charge >= 0.3 is 5.97 Å². The molecular weight excluding hydrogens is 214 g/mol. The molecule has 0 bridgehead atoms. The first-order chi connectivity index (χ1) is 6.75. The lowest BCUT2D eigenvalue weighted by atomic mass is 9.84. The van der Waals surface area contributed by atoms with E-state index in [1.807, 2.05) is 0 Å². The number of rotatable bonds is 2. The summed E-state index contributed by atoms with van der Waals surface area (Å²) >= 11 is 0. The molecule has 2 heterocycles. The van der Waals surface area contributed by atoms with Crippen LogP contribution < -0.4 is 0 Å². The van der Waals surface area contributed by atoms with Crippen LogP contribution in [0.5, 0.6) is 0 Å². The summed E-state index contributed by atoms with van der Waals surface area (Å²) in [7, 11) is 0. The van der Waals surface area contributed by atoms with Gasteiger partial charge in [-0.2, -0.15) is 0 Å². The molecule has 0 aromatic rings. The summed E-state index contributed by atoms with van der Waals surface area (Å²) < 4.78 is 0. The predicted molar refractivity (Wildman–Crippen MR) is 61.4 cm³/mol. The van der Waals surface area contributed by atoms with Crippen molar-refractivity contribution < 1.29 is 9.90 Å². The van der Waals surface area contributed by atoms with Crippen molar-refractivity contribution in [1.29, 1.82) is 0 Å². The van der Waals surface area contributed by atoms with Crippen molar-refractivity contribution in [3.05, 3.63) is 0 Å². The van der Waals surface area contributed by atoms with Gasteiger partial charge in [0.1, 0.15) is 0 Å². The average molecular weight is 234 g/mol. The molecule has 2 rings (SSSR count). The third-order valence-corrected chi connectivity index (χ3v) is 3.64. The third-order valence-electron chi connectivity index (χ3n) is 3.64. The Labute approximate surface area is 97.2 Å². The van der Waals surface area contributed by atoms with Gasteiger partial charge < -0.3 is 10.0 Å². The fourth-order valence-corrected chi connectivity index (χ4v) is 2.90. The van der Waals surface area contributed by atoms with Crippen molar-refractivity contribution in [2.24, 2.45) is 5.92 Å². The standard InChI is InChI=1S/C11H19NO2.ClH/c13-11(14)8-9-4-6-12-5-2-1-3-10(12)7-9;/h9-10H,1-8H2,(H,13,14);1H. The van der Waals surface area contributed by atoms with Gasteiger partial charge in [0.25, 0.3) is 0 Å². The van der Waals surface area contributed by atoms with Gasteiger partial charge in [0.2, 0.25) is 0 Å². The summed E-state index contributed by atoms with van der Waals surface area (Å²) in [6.45, 7) is 2.37. The molecule has 0 aliphatic carbocycles. The SMILES string of the molecule is Cl.O=C(O)CC1CCN2CCCCC2C1. The van der Waals surface area contributed by atoms with Crippen LogP contribution in [0.25, 0.3) is 0 Å². The molecule has 2 atom stereocenters. The van der Waals surface area contributed by atoms with Gasteiger partial charge in [-0.1, -0.05) is 6.42 Å². The number of nitrogens with zero attached hydrogens (tertiary/aromatic N) is 1. The first-order valence-corrected chi connectivity index (χ1v) is 5.71. The molecule has 4 heteroatoms. The van der Waals surface area contributed by atoms with Crippen molar-refractivity contribution in [1.82, 2.24) is 4.90 Å². The molecule has 0 radical (unpaired) electrons. The lowest BCUT2D eigenvalue weighted by Crippen LogP contribution is -2.45. The predicted octanol–water partition coefficient (Wildman–Crippen LogP) is 2.15. The van der Waals surface area contributed by atoms with Gasteiger partial charge in [-0.3, -0.25) is 4.79 Å². The second-order valence-corrected chi connectivity index (χ2v) is 4.67. The van der Waals surface area contributed by atoms with Crippen LogP contribution in [0.2, 0.25) is 0 Å². The van der Waals surface area contributed by atoms with Crippen LogP contribution in [0, 0.1) is 5.92 Å². The highest BCUT2D eigenvalue weighted by atomic mass is 35.5. The van der Waals surface area contributed by atoms with Gasteiger partial charge in [0.05, 0.1) is 0 Å². The first-order valence-electron chi connectivity index (χ1n) is 5.71. The molecule has 3 nitrogen and oxygen atoms in total. The molecule has 0 aromatic carbocycles. The lowest BCUT2D eigenvalue weighted by molar-refractivity contribution is -0.138. The van der Waals surface area contributed by atoms with Gasteiger partial charge in [0.15, 0.2) is 0 Å². The number of hydrogen-bond acceptors (Lipinski definition) is 2. The highest BCUT2D eigenvalue weighted by Crippen LogP contribution is 2.30. The van der Waals surface area contributed by atoms with Crippen molar-refractivity contribution >= 4 is 18.4 Å². The quantitative estimate of drug-likeness (QED) is 0.795. The Morgan fingerprint density at radius 1 is 1.27 bits per heavy atom. The van der Waals surface area contributed by atoms with E-state index in [9.17, 15) is 4.79 Å². The van der Waals surface area contributed by atoms with Crippen LogP contribution in [0.3, 0.4) is 0 Å². The molecule has 0 saturated carbocycles. The van der Waals surface area contributed by atoms with Crippen LogP contribution in [0.1, 0.15) is 38.5 Å². The van der Waals surface area contributed by atoms with E-state index in [1.54, 1.807) is 0 Å². The average Bonchev–Trinajstić information content (AvgIpc) is 2.17. The van der Waals surface area contributed by atoms with Crippen LogP contribution >= 0.6 is 12.4 Å². The van der Waals surface area contributed by atoms with E-state index in [4.69, 9.17) is 5.11 Å². The Morgan fingerprint density at radius 2 is 2.07 bits per heavy atom. The molecular formula is C11H20ClNO2. The zero-order valence-corrected chi connectivity index (χ0v) is 9.84. The van der Waals surface area contributed by atoms with E-state index >= 15 is 0 Å². The van der Waals surface area contributed by atoms with E-state index in [2.05, 4.69) is 4.90 Å². The van der Waals surface area contributed by atoms with Gasteiger partial charge in [-0.05, 0) is 44.7 Å². The highest BCUT2D eigenvalue weighted by molar-refractivity contribution is 5.85. The van der Waals surface area contributed by atoms with Gasteiger partial charge in [-0.15, -0.1) is 12.4 Å². The van der Waals surface area contributed by atoms with Crippen molar-refractivity contribution in [2.45, 2.75) is 44.6 Å². The van der Waals surface area contributed by atoms with E-state index in [1.165, 1.54) is 25.8 Å². The van der Waals surface area contributed by atoms with Crippen molar-refractivity contribution in [3.63, 3.8) is 0 Å². The molecule has 2 aliphatic rings. The lowest BCUT2D eigenvalue weighted by Gasteiger charge is -2.42. The monoisotopic (exact) mass is 233 g/mol. The number of carboxylic acids is 1. The minimum atomic E-state index is -0.626. The normalized spacial score (nSPS) is 31.5. The molecule has 2 saturated heterocycles. The Hall–Kier alpha value is -0.280. The largest absolute Gasteiger partial charge is 0.481 e. The number of fused-ring (bicyclic) bond motifs is 1. The fourth-order valence-electron chi connectivity index (χ4n) is 2.90. The third kappa shape index (κ3) is 3.35. The Balaban J connectivity index is 0.00000112. The Kier molecular flexibility index (Phi) is 4.87. The fraction of sp³-hybridized carbons (Fsp3) is 0.909. The minimum Gasteiger partial charge on any atom is -0.481 e. The number of aliphatic carboxylic acids is 1. The van der Waals surface area contributed by atoms with E-state index in [0.717, 1.165) is 19.4 Å². The second kappa shape index (κ2) is 5.71. The summed E-state index contributed by atoms with van der Waals surface area (Å²) in [5.74, 6) is -0.189. The second-order valence-electron chi connectivity index (χ2n) is 4.67. The summed E-state index contributed by atoms with van der Waals surface area (Å²) in [6.07, 6.45) is 6.54. The number of carboxylic acid groups (broad SMARTS) is 1. The number of carbonyl (C=O) groups is 1. The van der Waals surface area contributed by atoms with E-state index < -0.39 is 5.97 Å². The zero-order chi connectivity index (χ0) is 9.97. The van der Waals surface area contributed by atoms with E-state index in [-0.39, 0.29) is 12.4 Å². The molecule has 0 aromatic heterocycles. The number of halogens is 1. The first kappa shape index (κ1) is 12.8. The number of hydrogen-bond donors (Lipinski definition) is 1. The minimum absolute atomic E-state index is 0. The Bertz CT molecular complexity index is 223. The number of piperidine rings is 2. The Morgan fingerprint density at radius 3 is 2.80 bits per heavy atom. The summed E-state index contributed by atoms with van der Waals surface area (Å²) in [6, 6.07) is 0.696. The van der Waals surface area contributed by atoms with Crippen LogP contribution in [0.15, 0.2) is 0 Å². The molecule has 2 fully saturated rings. The summed E-state index contributed by atoms with van der Waals surface area (Å²) in [5, 5.41) is 8.75. The molecule has 0 spiro atoms. The zero-order valence-electron chi connectivity index (χ0n) is 9.02. The van der Waals surface area contributed by atoms with Gasteiger partial charge in [0, 0.05) is 12.5 Å². The van der Waals surface area contributed by atoms with Crippen LogP contribution in [-0.2, 0) is 4.79 Å². The maximum absolute atomic E-state index is 10.6. The van der Waals surface area contributed by atoms with Crippen molar-refractivity contribution in [2.75, 3.05) is 13.1 Å². The van der Waals surface area contributed by atoms with Crippen molar-refractivity contribution in [3.8, 4) is 0 Å². The molecule has 88 valence electrons. The smallest absolute Gasteiger partial charge is 0.303 e. The van der Waals surface area contributed by atoms with Crippen LogP contribution in [-0.4, -0.2) is 35.1 Å². The topological polar surface area (TPSA) is 40.5 Å². The molecule has 2 unspecified atom stereocenters. The summed E-state index contributed by atoms with van der Waals surface area (Å²) in [4.78, 5) is 13.2. The molecule has 0 amide bonds. The van der Waals surface area contributed by atoms with Crippen LogP contribution in [0.4, 0.5) is 0 Å². The summed E-state index contributed by atoms with van der Waals surface area (Å²) in [5.41, 5.74) is 0. The highest BCUT2D eigenvalue weighted by Gasteiger charge is 2.30. The molecule has 15 heavy (non-hydrogen) atoms. The maximum Gasteiger partial charge on any atom is 0.303 e. The molecule has 1 N–H and O–H groups in total. The van der Waals surface area contributed by atoms with E-state index in [0.29, 0.717) is 18.4 Å².